The number of carbonyl (C=O) groups is 3. The molecule has 3 aromatic rings. The van der Waals surface area contributed by atoms with Crippen molar-refractivity contribution in [2.75, 3.05) is 22.9 Å². The molecule has 0 spiro atoms. The van der Waals surface area contributed by atoms with Crippen LogP contribution in [0.15, 0.2) is 48.5 Å². The second kappa shape index (κ2) is 6.66. The van der Waals surface area contributed by atoms with Crippen LogP contribution in [0.3, 0.4) is 0 Å². The predicted octanol–water partition coefficient (Wildman–Crippen LogP) is 2.77. The lowest BCUT2D eigenvalue weighted by molar-refractivity contribution is -0.118. The molecule has 6 rings (SSSR count). The van der Waals surface area contributed by atoms with Crippen LogP contribution in [0.25, 0.3) is 11.0 Å². The van der Waals surface area contributed by atoms with E-state index in [4.69, 9.17) is 0 Å². The largest absolute Gasteiger partial charge is 0.315 e. The molecular weight excluding hydrogens is 406 g/mol. The van der Waals surface area contributed by atoms with E-state index in [2.05, 4.69) is 9.55 Å². The van der Waals surface area contributed by atoms with Gasteiger partial charge in [-0.05, 0) is 37.6 Å². The Balaban J connectivity index is 1.27. The molecule has 1 atom stereocenters. The van der Waals surface area contributed by atoms with Gasteiger partial charge in [0.1, 0.15) is 5.66 Å². The molecule has 0 bridgehead atoms. The van der Waals surface area contributed by atoms with E-state index in [1.54, 1.807) is 26.8 Å². The lowest BCUT2D eigenvalue weighted by Gasteiger charge is -2.48. The van der Waals surface area contributed by atoms with Crippen molar-refractivity contribution < 1.29 is 14.4 Å². The third-order valence-corrected chi connectivity index (χ3v) is 7.02. The van der Waals surface area contributed by atoms with Crippen molar-refractivity contribution in [1.29, 1.82) is 0 Å². The molecule has 0 radical (unpaired) electrons. The van der Waals surface area contributed by atoms with Crippen LogP contribution >= 0.6 is 0 Å². The van der Waals surface area contributed by atoms with E-state index in [9.17, 15) is 14.4 Å². The van der Waals surface area contributed by atoms with E-state index in [0.717, 1.165) is 11.0 Å². The van der Waals surface area contributed by atoms with Gasteiger partial charge in [0.15, 0.2) is 0 Å². The van der Waals surface area contributed by atoms with E-state index < -0.39 is 5.66 Å². The minimum atomic E-state index is -0.749. The topological polar surface area (TPSA) is 78.8 Å². The molecule has 1 unspecified atom stereocenters. The molecule has 8 nitrogen and oxygen atoms in total. The highest BCUT2D eigenvalue weighted by Crippen LogP contribution is 2.44. The zero-order valence-electron chi connectivity index (χ0n) is 17.8. The molecule has 1 aromatic heterocycles. The molecule has 0 aliphatic carbocycles. The maximum absolute atomic E-state index is 13.4. The predicted molar refractivity (Wildman–Crippen MR) is 119 cm³/mol. The summed E-state index contributed by atoms with van der Waals surface area (Å²) in [6.07, 6.45) is 1.12. The number of benzene rings is 2. The van der Waals surface area contributed by atoms with Gasteiger partial charge in [-0.3, -0.25) is 24.2 Å². The van der Waals surface area contributed by atoms with Crippen LogP contribution in [-0.4, -0.2) is 50.9 Å². The third-order valence-electron chi connectivity index (χ3n) is 7.02. The first-order valence-electron chi connectivity index (χ1n) is 11.0. The monoisotopic (exact) mass is 429 g/mol. The van der Waals surface area contributed by atoms with Gasteiger partial charge in [0.2, 0.25) is 17.8 Å². The molecule has 32 heavy (non-hydrogen) atoms. The van der Waals surface area contributed by atoms with Gasteiger partial charge in [0, 0.05) is 32.5 Å². The highest BCUT2D eigenvalue weighted by Gasteiger charge is 2.52. The Kier molecular flexibility index (Phi) is 3.96. The number of carbonyl (C=O) groups excluding carboxylic acids is 3. The summed E-state index contributed by atoms with van der Waals surface area (Å²) in [5, 5.41) is 0. The van der Waals surface area contributed by atoms with E-state index in [-0.39, 0.29) is 30.7 Å². The molecule has 4 heterocycles. The lowest BCUT2D eigenvalue weighted by Crippen LogP contribution is -2.62. The summed E-state index contributed by atoms with van der Waals surface area (Å²) in [5.74, 6) is 0.480. The second-order valence-electron chi connectivity index (χ2n) is 8.77. The summed E-state index contributed by atoms with van der Waals surface area (Å²) in [7, 11) is 0. The molecule has 162 valence electrons. The van der Waals surface area contributed by atoms with Gasteiger partial charge in [0.05, 0.1) is 22.3 Å². The van der Waals surface area contributed by atoms with E-state index in [0.29, 0.717) is 43.1 Å². The lowest BCUT2D eigenvalue weighted by atomic mass is 9.98. The summed E-state index contributed by atoms with van der Waals surface area (Å²) >= 11 is 0. The van der Waals surface area contributed by atoms with Gasteiger partial charge < -0.3 is 9.47 Å². The maximum Gasteiger partial charge on any atom is 0.257 e. The van der Waals surface area contributed by atoms with Crippen molar-refractivity contribution in [2.24, 2.45) is 0 Å². The molecule has 1 fully saturated rings. The summed E-state index contributed by atoms with van der Waals surface area (Å²) in [6.45, 7) is 3.46. The van der Waals surface area contributed by atoms with Gasteiger partial charge in [0.25, 0.3) is 5.91 Å². The smallest absolute Gasteiger partial charge is 0.257 e. The molecule has 0 N–H and O–H groups in total. The van der Waals surface area contributed by atoms with Crippen molar-refractivity contribution in [2.45, 2.75) is 38.4 Å². The van der Waals surface area contributed by atoms with Crippen LogP contribution in [0.2, 0.25) is 0 Å². The average Bonchev–Trinajstić information content (AvgIpc) is 3.45. The molecule has 1 saturated heterocycles. The van der Waals surface area contributed by atoms with Crippen LogP contribution in [0.5, 0.6) is 0 Å². The highest BCUT2D eigenvalue weighted by molar-refractivity contribution is 6.10. The number of nitrogens with zero attached hydrogens (tertiary/aromatic N) is 5. The fourth-order valence-corrected chi connectivity index (χ4v) is 5.41. The number of hydrogen-bond acceptors (Lipinski definition) is 4. The van der Waals surface area contributed by atoms with E-state index in [1.807, 2.05) is 43.3 Å². The normalized spacial score (nSPS) is 21.8. The van der Waals surface area contributed by atoms with Crippen LogP contribution in [0.4, 0.5) is 11.6 Å². The number of amides is 3. The minimum Gasteiger partial charge on any atom is -0.315 e. The second-order valence-corrected chi connectivity index (χ2v) is 8.77. The summed E-state index contributed by atoms with van der Waals surface area (Å²) in [4.78, 5) is 49.1. The fourth-order valence-electron chi connectivity index (χ4n) is 5.41. The zero-order valence-corrected chi connectivity index (χ0v) is 17.8. The SMILES string of the molecule is CC12CCC(=O)N1c1ccccc1C(=O)N2CCC(=O)N1CCn2c1nc1ccccc12. The number of rotatable bonds is 3. The number of anilines is 2. The van der Waals surface area contributed by atoms with E-state index in [1.165, 1.54) is 0 Å². The Morgan fingerprint density at radius 2 is 1.84 bits per heavy atom. The van der Waals surface area contributed by atoms with Crippen LogP contribution in [-0.2, 0) is 16.1 Å². The number of fused-ring (bicyclic) bond motifs is 6. The van der Waals surface area contributed by atoms with Crippen molar-refractivity contribution in [1.82, 2.24) is 14.5 Å². The molecular formula is C24H23N5O3. The number of hydrogen-bond donors (Lipinski definition) is 0. The molecule has 0 saturated carbocycles. The van der Waals surface area contributed by atoms with E-state index >= 15 is 0 Å². The van der Waals surface area contributed by atoms with Crippen LogP contribution < -0.4 is 9.80 Å². The average molecular weight is 429 g/mol. The molecule has 3 aliphatic heterocycles. The zero-order chi connectivity index (χ0) is 22.0. The van der Waals surface area contributed by atoms with Gasteiger partial charge in [-0.15, -0.1) is 0 Å². The first-order chi connectivity index (χ1) is 15.5. The summed E-state index contributed by atoms with van der Waals surface area (Å²) in [6, 6.07) is 15.1. The fraction of sp³-hybridized carbons (Fsp3) is 0.333. The minimum absolute atomic E-state index is 0.0111. The number of aromatic nitrogens is 2. The van der Waals surface area contributed by atoms with Crippen LogP contribution in [0, 0.1) is 0 Å². The Hall–Kier alpha value is -3.68. The van der Waals surface area contributed by atoms with Gasteiger partial charge in [-0.25, -0.2) is 4.98 Å². The van der Waals surface area contributed by atoms with Crippen LogP contribution in [0.1, 0.15) is 36.5 Å². The number of imidazole rings is 1. The quantitative estimate of drug-likeness (QED) is 0.641. The third kappa shape index (κ3) is 2.49. The molecule has 2 aromatic carbocycles. The van der Waals surface area contributed by atoms with Crippen molar-refractivity contribution in [3.05, 3.63) is 54.1 Å². The standard InChI is InChI=1S/C24H23N5O3/c1-24-12-10-21(31)29(24)18-8-4-2-6-16(18)22(32)28(24)13-11-20(30)27-15-14-26-19-9-5-3-7-17(19)25-23(26)27/h2-9H,10-15H2,1H3. The Bertz CT molecular complexity index is 1300. The molecule has 3 aliphatic rings. The van der Waals surface area contributed by atoms with Crippen molar-refractivity contribution in [3.8, 4) is 0 Å². The summed E-state index contributed by atoms with van der Waals surface area (Å²) in [5.41, 5.74) is 2.32. The summed E-state index contributed by atoms with van der Waals surface area (Å²) < 4.78 is 2.06. The van der Waals surface area contributed by atoms with Crippen molar-refractivity contribution >= 4 is 40.4 Å². The highest BCUT2D eigenvalue weighted by atomic mass is 16.2. The van der Waals surface area contributed by atoms with Gasteiger partial charge in [-0.1, -0.05) is 24.3 Å². The maximum atomic E-state index is 13.4. The Labute approximate surface area is 185 Å². The van der Waals surface area contributed by atoms with Gasteiger partial charge in [-0.2, -0.15) is 0 Å². The Morgan fingerprint density at radius 1 is 1.06 bits per heavy atom. The molecule has 3 amide bonds. The molecule has 8 heteroatoms. The first-order valence-corrected chi connectivity index (χ1v) is 11.0. The number of para-hydroxylation sites is 3. The van der Waals surface area contributed by atoms with Gasteiger partial charge >= 0.3 is 0 Å². The first kappa shape index (κ1) is 19.0. The van der Waals surface area contributed by atoms with Crippen molar-refractivity contribution in [3.63, 3.8) is 0 Å². The Morgan fingerprint density at radius 3 is 2.72 bits per heavy atom.